The molecule has 2 bridgehead atoms. The maximum Gasteiger partial charge on any atom is 0.417 e. The number of aliphatic hydroxyl groups is 1. The van der Waals surface area contributed by atoms with Crippen molar-refractivity contribution in [3.8, 4) is 34.3 Å². The van der Waals surface area contributed by atoms with Crippen molar-refractivity contribution in [2.24, 2.45) is 5.41 Å². The van der Waals surface area contributed by atoms with Gasteiger partial charge in [0.15, 0.2) is 5.82 Å². The number of aromatic nitrogens is 2. The fourth-order valence-corrected chi connectivity index (χ4v) is 13.1. The third-order valence-corrected chi connectivity index (χ3v) is 17.7. The van der Waals surface area contributed by atoms with E-state index in [4.69, 9.17) is 19.9 Å². The SMILES string of the molecule is C[C@H](NC(=O)[C@@H]1C[C@@H](O)CN1COC[C@@H](NC(=O)CCOCCCN1CCC[C@H]1COc1nc(N2CC3CCC(C2)N3)c2cc(C(F)(F)F)c(-c3ccc(F)c4sc(N)c(C#N)c34)c(F)c2n1)C(C)(C)C)c1ccc(-c2c(F)cc(F)cc2F)cc1. The number of benzene rings is 4. The van der Waals surface area contributed by atoms with E-state index >= 15 is 22.0 Å². The number of anilines is 2. The molecule has 0 radical (unpaired) electrons. The smallest absolute Gasteiger partial charge is 0.417 e. The predicted molar refractivity (Wildman–Crippen MR) is 308 cm³/mol. The van der Waals surface area contributed by atoms with Crippen molar-refractivity contribution in [3.63, 3.8) is 0 Å². The molecule has 4 saturated heterocycles. The summed E-state index contributed by atoms with van der Waals surface area (Å²) in [6, 6.07) is 10.1. The number of alkyl halides is 3. The highest BCUT2D eigenvalue weighted by molar-refractivity contribution is 7.23. The van der Waals surface area contributed by atoms with Gasteiger partial charge in [-0.15, -0.1) is 11.3 Å². The fourth-order valence-electron chi connectivity index (χ4n) is 12.2. The molecule has 2 aromatic heterocycles. The highest BCUT2D eigenvalue weighted by Gasteiger charge is 2.41. The summed E-state index contributed by atoms with van der Waals surface area (Å²) in [6.45, 7) is 10.7. The Labute approximate surface area is 496 Å². The van der Waals surface area contributed by atoms with Gasteiger partial charge in [0.1, 0.15) is 52.3 Å². The van der Waals surface area contributed by atoms with E-state index in [1.54, 1.807) is 24.0 Å². The summed E-state index contributed by atoms with van der Waals surface area (Å²) in [7, 11) is 0. The number of nitrogen functional groups attached to an aromatic ring is 1. The van der Waals surface area contributed by atoms with Gasteiger partial charge in [0.25, 0.3) is 0 Å². The van der Waals surface area contributed by atoms with Crippen LogP contribution in [0.5, 0.6) is 6.01 Å². The first-order valence-electron chi connectivity index (χ1n) is 28.8. The van der Waals surface area contributed by atoms with Crippen molar-refractivity contribution in [1.82, 2.24) is 35.7 Å². The number of nitrogens with zero attached hydrogens (tertiary/aromatic N) is 6. The van der Waals surface area contributed by atoms with Crippen LogP contribution in [0.2, 0.25) is 0 Å². The molecule has 16 nitrogen and oxygen atoms in total. The Morgan fingerprint density at radius 1 is 0.907 bits per heavy atom. The molecule has 2 unspecified atom stereocenters. The largest absolute Gasteiger partial charge is 0.462 e. The average molecular weight is 1220 g/mol. The van der Waals surface area contributed by atoms with Gasteiger partial charge >= 0.3 is 12.2 Å². The Morgan fingerprint density at radius 3 is 2.31 bits per heavy atom. The van der Waals surface area contributed by atoms with Crippen LogP contribution in [0.1, 0.15) is 95.4 Å². The fraction of sp³-hybridized carbons (Fsp3) is 0.492. The second-order valence-electron chi connectivity index (χ2n) is 23.8. The molecule has 0 saturated carbocycles. The molecule has 6 aromatic rings. The summed E-state index contributed by atoms with van der Waals surface area (Å²) in [4.78, 5) is 41.7. The first kappa shape index (κ1) is 62.3. The number of likely N-dealkylation sites (tertiary alicyclic amines) is 2. The molecule has 2 amide bonds. The number of halogens is 8. The molecule has 6 N–H and O–H groups in total. The van der Waals surface area contributed by atoms with Crippen LogP contribution in [0.25, 0.3) is 43.2 Å². The maximum atomic E-state index is 17.4. The summed E-state index contributed by atoms with van der Waals surface area (Å²) in [5, 5.41) is 29.5. The standard InChI is InChI=1S/C61H68F8N10O6S/c1-32(33-8-10-34(11-9-33)50-45(64)21-35(62)22-46(50)65)72-58(82)47-23-39(80)28-79(47)31-84-30-48(60(2,3)4)74-49(81)16-20-83-19-6-18-77-17-5-7-38(77)29-85-59-75-54-41(57(76-59)78-26-36-12-13-37(27-78)73-36)24-43(61(67,68)69)52(53(54)66)40-14-15-44(63)55-51(40)42(25-70)56(71)86-55/h8-11,14-15,21-22,24,32,36-39,47-48,73,80H,5-7,12-13,16-20,23,26-31,71H2,1-4H3,(H,72,82)(H,74,81)/t32-,36?,37?,38-,39+,47-,48+/m0/s1. The van der Waals surface area contributed by atoms with E-state index in [0.717, 1.165) is 50.4 Å². The molecule has 86 heavy (non-hydrogen) atoms. The van der Waals surface area contributed by atoms with E-state index in [9.17, 15) is 33.1 Å². The lowest BCUT2D eigenvalue weighted by Crippen LogP contribution is -2.51. The van der Waals surface area contributed by atoms with Crippen LogP contribution in [0.3, 0.4) is 0 Å². The monoisotopic (exact) mass is 1220 g/mol. The minimum atomic E-state index is -5.10. The van der Waals surface area contributed by atoms with Crippen molar-refractivity contribution in [3.05, 3.63) is 100 Å². The minimum Gasteiger partial charge on any atom is -0.462 e. The zero-order valence-corrected chi connectivity index (χ0v) is 48.8. The number of carbonyl (C=O) groups is 2. The molecule has 4 fully saturated rings. The van der Waals surface area contributed by atoms with E-state index in [1.807, 2.05) is 31.7 Å². The summed E-state index contributed by atoms with van der Waals surface area (Å²) in [5.74, 6) is -5.75. The average Bonchev–Trinajstić information content (AvgIpc) is 1.52. The lowest BCUT2D eigenvalue weighted by Gasteiger charge is -2.34. The van der Waals surface area contributed by atoms with Crippen molar-refractivity contribution in [2.75, 3.05) is 76.5 Å². The molecule has 4 aliphatic heterocycles. The number of rotatable bonds is 21. The van der Waals surface area contributed by atoms with E-state index < -0.39 is 81.6 Å². The maximum absolute atomic E-state index is 17.4. The summed E-state index contributed by atoms with van der Waals surface area (Å²) in [5.41, 5.74) is 2.82. The lowest BCUT2D eigenvalue weighted by molar-refractivity contribution is -0.137. The van der Waals surface area contributed by atoms with Crippen LogP contribution in [-0.2, 0) is 25.2 Å². The molecule has 6 heterocycles. The van der Waals surface area contributed by atoms with Crippen LogP contribution in [0.15, 0.2) is 54.6 Å². The number of piperazine rings is 1. The third-order valence-electron chi connectivity index (χ3n) is 16.7. The normalized spacial score (nSPS) is 20.9. The first-order valence-corrected chi connectivity index (χ1v) is 29.6. The number of hydrogen-bond donors (Lipinski definition) is 5. The molecule has 4 aromatic carbocycles. The number of fused-ring (bicyclic) bond motifs is 4. The summed E-state index contributed by atoms with van der Waals surface area (Å²) < 4.78 is 139. The van der Waals surface area contributed by atoms with Gasteiger partial charge in [0.05, 0.1) is 65.6 Å². The number of carbonyl (C=O) groups excluding carboxylic acids is 2. The van der Waals surface area contributed by atoms with Gasteiger partial charge < -0.3 is 45.9 Å². The molecular formula is C61H68F8N10O6S. The van der Waals surface area contributed by atoms with E-state index in [-0.39, 0.29) is 130 Å². The quantitative estimate of drug-likeness (QED) is 0.0337. The number of amides is 2. The predicted octanol–water partition coefficient (Wildman–Crippen LogP) is 9.74. The van der Waals surface area contributed by atoms with Gasteiger partial charge in [-0.05, 0) is 86.2 Å². The number of aliphatic hydroxyl groups excluding tert-OH is 1. The first-order chi connectivity index (χ1) is 40.9. The zero-order valence-electron chi connectivity index (χ0n) is 47.9. The molecule has 4 aliphatic rings. The number of thiophene rings is 1. The van der Waals surface area contributed by atoms with Crippen LogP contribution < -0.4 is 31.3 Å². The second-order valence-corrected chi connectivity index (χ2v) is 24.8. The number of hydrogen-bond acceptors (Lipinski definition) is 15. The Bertz CT molecular complexity index is 3490. The molecule has 460 valence electrons. The van der Waals surface area contributed by atoms with E-state index in [0.29, 0.717) is 61.7 Å². The van der Waals surface area contributed by atoms with Crippen molar-refractivity contribution >= 4 is 55.0 Å². The zero-order chi connectivity index (χ0) is 61.4. The lowest BCUT2D eigenvalue weighted by atomic mass is 9.87. The number of nitriles is 1. The van der Waals surface area contributed by atoms with Gasteiger partial charge in [0.2, 0.25) is 11.8 Å². The van der Waals surface area contributed by atoms with Gasteiger partial charge in [-0.25, -0.2) is 22.0 Å². The van der Waals surface area contributed by atoms with Crippen molar-refractivity contribution in [1.29, 1.82) is 5.26 Å². The topological polar surface area (TPSA) is 203 Å². The summed E-state index contributed by atoms with van der Waals surface area (Å²) >= 11 is 0.690. The Balaban J connectivity index is 0.714. The third kappa shape index (κ3) is 13.7. The molecule has 10 rings (SSSR count). The minimum absolute atomic E-state index is 0.00381. The molecule has 25 heteroatoms. The molecule has 0 spiro atoms. The van der Waals surface area contributed by atoms with Gasteiger partial charge in [-0.2, -0.15) is 28.4 Å². The van der Waals surface area contributed by atoms with Crippen molar-refractivity contribution < 1.29 is 64.0 Å². The number of ether oxygens (including phenoxy) is 3. The van der Waals surface area contributed by atoms with Crippen LogP contribution >= 0.6 is 11.3 Å². The Hall–Kier alpha value is -6.79. The molecule has 7 atom stereocenters. The highest BCUT2D eigenvalue weighted by Crippen LogP contribution is 2.48. The number of β-amino-alcohol motifs (C(OH)–C–C–N with tert-alkyl or cyclic N) is 1. The van der Waals surface area contributed by atoms with Crippen LogP contribution in [-0.4, -0.2) is 139 Å². The highest BCUT2D eigenvalue weighted by atomic mass is 32.1. The van der Waals surface area contributed by atoms with Gasteiger partial charge in [-0.1, -0.05) is 51.1 Å². The summed E-state index contributed by atoms with van der Waals surface area (Å²) in [6.07, 6.45) is -1.71. The van der Waals surface area contributed by atoms with Gasteiger partial charge in [-0.3, -0.25) is 19.4 Å². The van der Waals surface area contributed by atoms with Crippen molar-refractivity contribution in [2.45, 2.75) is 121 Å². The van der Waals surface area contributed by atoms with Crippen LogP contribution in [0.4, 0.5) is 45.9 Å². The number of nitrogens with one attached hydrogen (secondary N) is 3. The van der Waals surface area contributed by atoms with Crippen LogP contribution in [0, 0.1) is 45.8 Å². The van der Waals surface area contributed by atoms with E-state index in [1.165, 1.54) is 12.1 Å². The Kier molecular flexibility index (Phi) is 18.7. The second kappa shape index (κ2) is 25.9. The Morgan fingerprint density at radius 2 is 1.63 bits per heavy atom. The van der Waals surface area contributed by atoms with Gasteiger partial charge in [0, 0.05) is 85.8 Å². The molecular weight excluding hydrogens is 1150 g/mol. The van der Waals surface area contributed by atoms with E-state index in [2.05, 4.69) is 30.8 Å². The molecule has 0 aliphatic carbocycles. The number of nitrogens with two attached hydrogens (primary N) is 1.